The van der Waals surface area contributed by atoms with Gasteiger partial charge in [0, 0.05) is 10.9 Å². The number of halogens is 2. The van der Waals surface area contributed by atoms with Crippen LogP contribution in [0.1, 0.15) is 30.5 Å². The Morgan fingerprint density at radius 3 is 2.52 bits per heavy atom. The van der Waals surface area contributed by atoms with E-state index in [4.69, 9.17) is 4.74 Å². The predicted octanol–water partition coefficient (Wildman–Crippen LogP) is 5.57. The summed E-state index contributed by atoms with van der Waals surface area (Å²) < 4.78 is 20.0. The SMILES string of the molecule is C=CCC1(c2ccc(F)cc2)CN(C(C)c2ccc(Br)cc2)C(=O)O1. The number of carbonyl (C=O) groups excluding carboxylic acids is 1. The van der Waals surface area contributed by atoms with E-state index < -0.39 is 5.60 Å². The van der Waals surface area contributed by atoms with Gasteiger partial charge in [0.15, 0.2) is 5.60 Å². The third-order valence-electron chi connectivity index (χ3n) is 4.61. The Morgan fingerprint density at radius 1 is 1.28 bits per heavy atom. The Kier molecular flexibility index (Phi) is 4.95. The lowest BCUT2D eigenvalue weighted by atomic mass is 9.90. The zero-order valence-electron chi connectivity index (χ0n) is 13.9. The van der Waals surface area contributed by atoms with Crippen molar-refractivity contribution < 1.29 is 13.9 Å². The van der Waals surface area contributed by atoms with Crippen LogP contribution in [0.25, 0.3) is 0 Å². The number of hydrogen-bond acceptors (Lipinski definition) is 2. The van der Waals surface area contributed by atoms with Crippen molar-refractivity contribution >= 4 is 22.0 Å². The van der Waals surface area contributed by atoms with Crippen molar-refractivity contribution in [2.45, 2.75) is 25.0 Å². The van der Waals surface area contributed by atoms with E-state index in [2.05, 4.69) is 22.5 Å². The van der Waals surface area contributed by atoms with Crippen LogP contribution in [0.5, 0.6) is 0 Å². The summed E-state index contributed by atoms with van der Waals surface area (Å²) in [7, 11) is 0. The molecule has 0 bridgehead atoms. The van der Waals surface area contributed by atoms with E-state index in [0.717, 1.165) is 15.6 Å². The van der Waals surface area contributed by atoms with E-state index in [1.54, 1.807) is 23.1 Å². The Bertz CT molecular complexity index is 775. The van der Waals surface area contributed by atoms with Crippen molar-refractivity contribution in [1.29, 1.82) is 0 Å². The zero-order chi connectivity index (χ0) is 18.0. The summed E-state index contributed by atoms with van der Waals surface area (Å²) in [6, 6.07) is 13.8. The fourth-order valence-electron chi connectivity index (χ4n) is 3.18. The largest absolute Gasteiger partial charge is 0.436 e. The van der Waals surface area contributed by atoms with Gasteiger partial charge in [0.1, 0.15) is 5.82 Å². The third-order valence-corrected chi connectivity index (χ3v) is 5.14. The van der Waals surface area contributed by atoms with Gasteiger partial charge in [-0.05, 0) is 42.3 Å². The number of benzene rings is 2. The van der Waals surface area contributed by atoms with Crippen LogP contribution in [0.4, 0.5) is 9.18 Å². The highest BCUT2D eigenvalue weighted by molar-refractivity contribution is 9.10. The van der Waals surface area contributed by atoms with Gasteiger partial charge in [0.05, 0.1) is 12.6 Å². The molecule has 0 aromatic heterocycles. The van der Waals surface area contributed by atoms with Gasteiger partial charge in [0.25, 0.3) is 0 Å². The van der Waals surface area contributed by atoms with Crippen molar-refractivity contribution in [3.05, 3.63) is 82.6 Å². The highest BCUT2D eigenvalue weighted by Crippen LogP contribution is 2.40. The fraction of sp³-hybridized carbons (Fsp3) is 0.250. The van der Waals surface area contributed by atoms with Crippen molar-refractivity contribution in [2.75, 3.05) is 6.54 Å². The minimum atomic E-state index is -0.837. The molecule has 2 unspecified atom stereocenters. The highest BCUT2D eigenvalue weighted by Gasteiger charge is 2.47. The molecule has 1 aliphatic heterocycles. The van der Waals surface area contributed by atoms with Gasteiger partial charge < -0.3 is 4.74 Å². The molecule has 2 aromatic carbocycles. The van der Waals surface area contributed by atoms with E-state index in [0.29, 0.717) is 13.0 Å². The maximum atomic E-state index is 13.3. The molecule has 0 spiro atoms. The standard InChI is InChI=1S/C20H19BrFNO2/c1-3-12-20(16-6-10-18(22)11-7-16)13-23(19(24)25-20)14(2)15-4-8-17(21)9-5-15/h3-11,14H,1,12-13H2,2H3. The van der Waals surface area contributed by atoms with Gasteiger partial charge in [-0.25, -0.2) is 9.18 Å². The molecule has 5 heteroatoms. The molecule has 1 heterocycles. The number of ether oxygens (including phenoxy) is 1. The van der Waals surface area contributed by atoms with Crippen LogP contribution >= 0.6 is 15.9 Å². The Morgan fingerprint density at radius 2 is 1.92 bits per heavy atom. The first kappa shape index (κ1) is 17.7. The molecule has 2 atom stereocenters. The predicted molar refractivity (Wildman–Crippen MR) is 98.6 cm³/mol. The third kappa shape index (κ3) is 3.47. The molecular formula is C20H19BrFNO2. The van der Waals surface area contributed by atoms with Crippen LogP contribution in [-0.4, -0.2) is 17.5 Å². The number of cyclic esters (lactones) is 1. The molecule has 0 saturated carbocycles. The molecule has 25 heavy (non-hydrogen) atoms. The van der Waals surface area contributed by atoms with Crippen LogP contribution in [0, 0.1) is 5.82 Å². The van der Waals surface area contributed by atoms with Gasteiger partial charge in [0.2, 0.25) is 0 Å². The van der Waals surface area contributed by atoms with E-state index in [9.17, 15) is 9.18 Å². The molecule has 130 valence electrons. The van der Waals surface area contributed by atoms with Crippen LogP contribution in [-0.2, 0) is 10.3 Å². The molecule has 0 aliphatic carbocycles. The second-order valence-electron chi connectivity index (χ2n) is 6.22. The number of rotatable bonds is 5. The van der Waals surface area contributed by atoms with Crippen LogP contribution in [0.2, 0.25) is 0 Å². The van der Waals surface area contributed by atoms with E-state index in [1.165, 1.54) is 12.1 Å². The molecule has 1 amide bonds. The number of hydrogen-bond donors (Lipinski definition) is 0. The smallest absolute Gasteiger partial charge is 0.411 e. The molecule has 2 aromatic rings. The summed E-state index contributed by atoms with van der Waals surface area (Å²) in [4.78, 5) is 14.3. The lowest BCUT2D eigenvalue weighted by Crippen LogP contribution is -2.33. The molecule has 3 nitrogen and oxygen atoms in total. The minimum Gasteiger partial charge on any atom is -0.436 e. The summed E-state index contributed by atoms with van der Waals surface area (Å²) in [6.45, 7) is 6.15. The van der Waals surface area contributed by atoms with Gasteiger partial charge in [-0.2, -0.15) is 0 Å². The minimum absolute atomic E-state index is 0.132. The average molecular weight is 404 g/mol. The van der Waals surface area contributed by atoms with Crippen molar-refractivity contribution in [3.63, 3.8) is 0 Å². The van der Waals surface area contributed by atoms with Crippen molar-refractivity contribution in [2.24, 2.45) is 0 Å². The van der Waals surface area contributed by atoms with E-state index >= 15 is 0 Å². The van der Waals surface area contributed by atoms with Crippen LogP contribution < -0.4 is 0 Å². The molecule has 0 N–H and O–H groups in total. The van der Waals surface area contributed by atoms with Gasteiger partial charge in [-0.1, -0.05) is 46.3 Å². The quantitative estimate of drug-likeness (QED) is 0.610. The first-order chi connectivity index (χ1) is 11.9. The summed E-state index contributed by atoms with van der Waals surface area (Å²) >= 11 is 3.42. The van der Waals surface area contributed by atoms with Gasteiger partial charge >= 0.3 is 6.09 Å². The second kappa shape index (κ2) is 7.00. The normalized spacial score (nSPS) is 21.1. The molecule has 3 rings (SSSR count). The number of amides is 1. The Labute approximate surface area is 155 Å². The van der Waals surface area contributed by atoms with Gasteiger partial charge in [-0.15, -0.1) is 6.58 Å². The van der Waals surface area contributed by atoms with Crippen LogP contribution in [0.15, 0.2) is 65.7 Å². The second-order valence-corrected chi connectivity index (χ2v) is 7.13. The average Bonchev–Trinajstić information content (AvgIpc) is 2.93. The molecule has 1 saturated heterocycles. The maximum Gasteiger partial charge on any atom is 0.411 e. The topological polar surface area (TPSA) is 29.5 Å². The number of nitrogens with zero attached hydrogens (tertiary/aromatic N) is 1. The maximum absolute atomic E-state index is 13.3. The summed E-state index contributed by atoms with van der Waals surface area (Å²) in [6.07, 6.45) is 1.82. The summed E-state index contributed by atoms with van der Waals surface area (Å²) in [5.74, 6) is -0.318. The first-order valence-electron chi connectivity index (χ1n) is 8.07. The van der Waals surface area contributed by atoms with Crippen molar-refractivity contribution in [3.8, 4) is 0 Å². The summed E-state index contributed by atoms with van der Waals surface area (Å²) in [5, 5.41) is 0. The Hall–Kier alpha value is -2.14. The lowest BCUT2D eigenvalue weighted by molar-refractivity contribution is 0.0568. The number of carbonyl (C=O) groups is 1. The fourth-order valence-corrected chi connectivity index (χ4v) is 3.44. The molecule has 1 fully saturated rings. The first-order valence-corrected chi connectivity index (χ1v) is 8.86. The highest BCUT2D eigenvalue weighted by atomic mass is 79.9. The zero-order valence-corrected chi connectivity index (χ0v) is 15.5. The summed E-state index contributed by atoms with van der Waals surface area (Å²) in [5.41, 5.74) is 0.956. The van der Waals surface area contributed by atoms with E-state index in [-0.39, 0.29) is 18.0 Å². The van der Waals surface area contributed by atoms with Gasteiger partial charge in [-0.3, -0.25) is 4.90 Å². The van der Waals surface area contributed by atoms with E-state index in [1.807, 2.05) is 31.2 Å². The van der Waals surface area contributed by atoms with Crippen LogP contribution in [0.3, 0.4) is 0 Å². The van der Waals surface area contributed by atoms with Crippen molar-refractivity contribution in [1.82, 2.24) is 4.90 Å². The molecule has 0 radical (unpaired) electrons. The molecular weight excluding hydrogens is 385 g/mol. The Balaban J connectivity index is 1.91. The molecule has 1 aliphatic rings. The lowest BCUT2D eigenvalue weighted by Gasteiger charge is -2.27. The monoisotopic (exact) mass is 403 g/mol.